The number of likely N-dealkylation sites (tertiary alicyclic amines) is 1. The molecular formula is C13H17NO3. The number of aliphatic hydroxyl groups excluding tert-OH is 1. The van der Waals surface area contributed by atoms with Crippen molar-refractivity contribution in [3.8, 4) is 0 Å². The minimum absolute atomic E-state index is 0.0156. The first-order chi connectivity index (χ1) is 8.29. The van der Waals surface area contributed by atoms with Crippen LogP contribution in [0, 0.1) is 5.92 Å². The molecule has 0 bridgehead atoms. The van der Waals surface area contributed by atoms with Gasteiger partial charge in [-0.1, -0.05) is 0 Å². The molecule has 2 heterocycles. The van der Waals surface area contributed by atoms with Gasteiger partial charge in [-0.05, 0) is 37.0 Å². The monoisotopic (exact) mass is 235 g/mol. The molecule has 0 spiro atoms. The van der Waals surface area contributed by atoms with Gasteiger partial charge in [-0.25, -0.2) is 0 Å². The predicted octanol–water partition coefficient (Wildman–Crippen LogP) is 1.52. The number of furan rings is 1. The summed E-state index contributed by atoms with van der Waals surface area (Å²) in [6.07, 6.45) is 6.58. The molecule has 1 fully saturated rings. The molecule has 1 aromatic heterocycles. The molecule has 0 saturated carbocycles. The third-order valence-corrected chi connectivity index (χ3v) is 3.07. The van der Waals surface area contributed by atoms with E-state index in [1.165, 1.54) is 0 Å². The highest BCUT2D eigenvalue weighted by atomic mass is 16.3. The molecule has 17 heavy (non-hydrogen) atoms. The predicted molar refractivity (Wildman–Crippen MR) is 64.1 cm³/mol. The lowest BCUT2D eigenvalue weighted by molar-refractivity contribution is -0.125. The van der Waals surface area contributed by atoms with Crippen LogP contribution in [0.15, 0.2) is 28.9 Å². The Bertz CT molecular complexity index is 383. The minimum Gasteiger partial charge on any atom is -0.465 e. The second kappa shape index (κ2) is 5.68. The third kappa shape index (κ3) is 3.20. The zero-order chi connectivity index (χ0) is 12.1. The molecule has 0 aliphatic carbocycles. The van der Waals surface area contributed by atoms with Crippen molar-refractivity contribution in [1.82, 2.24) is 4.90 Å². The molecule has 1 atom stereocenters. The molecule has 1 saturated heterocycles. The number of carbonyl (C=O) groups is 1. The van der Waals surface area contributed by atoms with Gasteiger partial charge in [0.1, 0.15) is 5.76 Å². The van der Waals surface area contributed by atoms with Crippen molar-refractivity contribution in [3.05, 3.63) is 30.2 Å². The van der Waals surface area contributed by atoms with E-state index < -0.39 is 0 Å². The molecule has 92 valence electrons. The van der Waals surface area contributed by atoms with Crippen molar-refractivity contribution in [2.75, 3.05) is 19.7 Å². The van der Waals surface area contributed by atoms with E-state index in [9.17, 15) is 4.79 Å². The van der Waals surface area contributed by atoms with Crippen LogP contribution in [0.2, 0.25) is 0 Å². The van der Waals surface area contributed by atoms with Gasteiger partial charge in [-0.3, -0.25) is 4.79 Å². The molecule has 2 rings (SSSR count). The van der Waals surface area contributed by atoms with Crippen LogP contribution in [-0.2, 0) is 4.79 Å². The van der Waals surface area contributed by atoms with Gasteiger partial charge in [-0.15, -0.1) is 0 Å². The molecule has 1 aliphatic heterocycles. The smallest absolute Gasteiger partial charge is 0.246 e. The summed E-state index contributed by atoms with van der Waals surface area (Å²) in [7, 11) is 0. The Labute approximate surface area is 101 Å². The summed E-state index contributed by atoms with van der Waals surface area (Å²) < 4.78 is 5.12. The Morgan fingerprint density at radius 3 is 3.24 bits per heavy atom. The van der Waals surface area contributed by atoms with Crippen LogP contribution < -0.4 is 0 Å². The summed E-state index contributed by atoms with van der Waals surface area (Å²) in [5.74, 6) is 1.15. The standard InChI is InChI=1S/C13H17NO3/c15-8-6-11-5-7-14(10-11)13(16)4-3-12-2-1-9-17-12/h1-4,9,11,15H,5-8,10H2/b4-3+. The SMILES string of the molecule is O=C(/C=C/c1ccco1)N1CCC(CCO)C1. The summed E-state index contributed by atoms with van der Waals surface area (Å²) >= 11 is 0. The molecule has 0 radical (unpaired) electrons. The molecule has 1 amide bonds. The lowest BCUT2D eigenvalue weighted by Gasteiger charge is -2.13. The van der Waals surface area contributed by atoms with Gasteiger partial charge < -0.3 is 14.4 Å². The van der Waals surface area contributed by atoms with E-state index in [1.807, 2.05) is 11.0 Å². The van der Waals surface area contributed by atoms with Crippen molar-refractivity contribution in [2.24, 2.45) is 5.92 Å². The van der Waals surface area contributed by atoms with Gasteiger partial charge in [0, 0.05) is 25.8 Å². The molecule has 4 heteroatoms. The Morgan fingerprint density at radius 2 is 2.53 bits per heavy atom. The molecular weight excluding hydrogens is 218 g/mol. The second-order valence-corrected chi connectivity index (χ2v) is 4.30. The topological polar surface area (TPSA) is 53.7 Å². The first kappa shape index (κ1) is 11.9. The van der Waals surface area contributed by atoms with Crippen LogP contribution in [0.4, 0.5) is 0 Å². The first-order valence-electron chi connectivity index (χ1n) is 5.91. The van der Waals surface area contributed by atoms with E-state index in [1.54, 1.807) is 24.5 Å². The average Bonchev–Trinajstić information content (AvgIpc) is 2.97. The zero-order valence-electron chi connectivity index (χ0n) is 9.71. The van der Waals surface area contributed by atoms with Crippen molar-refractivity contribution in [3.63, 3.8) is 0 Å². The van der Waals surface area contributed by atoms with Gasteiger partial charge in [0.15, 0.2) is 0 Å². The quantitative estimate of drug-likeness (QED) is 0.805. The summed E-state index contributed by atoms with van der Waals surface area (Å²) in [5, 5.41) is 8.85. The number of aliphatic hydroxyl groups is 1. The zero-order valence-corrected chi connectivity index (χ0v) is 9.71. The van der Waals surface area contributed by atoms with Crippen molar-refractivity contribution >= 4 is 12.0 Å². The number of carbonyl (C=O) groups excluding carboxylic acids is 1. The lowest BCUT2D eigenvalue weighted by atomic mass is 10.1. The Balaban J connectivity index is 1.85. The summed E-state index contributed by atoms with van der Waals surface area (Å²) in [5.41, 5.74) is 0. The van der Waals surface area contributed by atoms with E-state index in [4.69, 9.17) is 9.52 Å². The largest absolute Gasteiger partial charge is 0.465 e. The second-order valence-electron chi connectivity index (χ2n) is 4.30. The van der Waals surface area contributed by atoms with Gasteiger partial charge in [0.05, 0.1) is 6.26 Å². The van der Waals surface area contributed by atoms with Crippen LogP contribution in [0.3, 0.4) is 0 Å². The molecule has 0 aromatic carbocycles. The number of hydrogen-bond acceptors (Lipinski definition) is 3. The molecule has 1 aliphatic rings. The normalized spacial score (nSPS) is 20.3. The van der Waals surface area contributed by atoms with E-state index in [0.717, 1.165) is 25.9 Å². The number of amides is 1. The summed E-state index contributed by atoms with van der Waals surface area (Å²) in [6, 6.07) is 3.60. The van der Waals surface area contributed by atoms with Crippen LogP contribution in [-0.4, -0.2) is 35.6 Å². The highest BCUT2D eigenvalue weighted by molar-refractivity contribution is 5.91. The Morgan fingerprint density at radius 1 is 1.65 bits per heavy atom. The Hall–Kier alpha value is -1.55. The summed E-state index contributed by atoms with van der Waals surface area (Å²) in [4.78, 5) is 13.6. The van der Waals surface area contributed by atoms with Crippen LogP contribution in [0.1, 0.15) is 18.6 Å². The van der Waals surface area contributed by atoms with Gasteiger partial charge >= 0.3 is 0 Å². The number of rotatable bonds is 4. The summed E-state index contributed by atoms with van der Waals surface area (Å²) in [6.45, 7) is 1.74. The maximum absolute atomic E-state index is 11.8. The molecule has 4 nitrogen and oxygen atoms in total. The van der Waals surface area contributed by atoms with E-state index in [0.29, 0.717) is 11.7 Å². The molecule has 1 unspecified atom stereocenters. The van der Waals surface area contributed by atoms with Crippen LogP contribution in [0.5, 0.6) is 0 Å². The average molecular weight is 235 g/mol. The fourth-order valence-corrected chi connectivity index (χ4v) is 2.10. The van der Waals surface area contributed by atoms with E-state index in [-0.39, 0.29) is 12.5 Å². The minimum atomic E-state index is 0.0156. The van der Waals surface area contributed by atoms with E-state index in [2.05, 4.69) is 0 Å². The highest BCUT2D eigenvalue weighted by Crippen LogP contribution is 2.19. The molecule has 1 N–H and O–H groups in total. The van der Waals surface area contributed by atoms with Crippen molar-refractivity contribution in [2.45, 2.75) is 12.8 Å². The van der Waals surface area contributed by atoms with Gasteiger partial charge in [-0.2, -0.15) is 0 Å². The van der Waals surface area contributed by atoms with Crippen molar-refractivity contribution in [1.29, 1.82) is 0 Å². The van der Waals surface area contributed by atoms with Crippen LogP contribution in [0.25, 0.3) is 6.08 Å². The van der Waals surface area contributed by atoms with E-state index >= 15 is 0 Å². The maximum atomic E-state index is 11.8. The van der Waals surface area contributed by atoms with Crippen molar-refractivity contribution < 1.29 is 14.3 Å². The number of nitrogens with zero attached hydrogens (tertiary/aromatic N) is 1. The molecule has 1 aromatic rings. The van der Waals surface area contributed by atoms with Gasteiger partial charge in [0.2, 0.25) is 5.91 Å². The van der Waals surface area contributed by atoms with Gasteiger partial charge in [0.25, 0.3) is 0 Å². The first-order valence-corrected chi connectivity index (χ1v) is 5.91. The fourth-order valence-electron chi connectivity index (χ4n) is 2.10. The van der Waals surface area contributed by atoms with Crippen LogP contribution >= 0.6 is 0 Å². The fraction of sp³-hybridized carbons (Fsp3) is 0.462. The third-order valence-electron chi connectivity index (χ3n) is 3.07. The number of hydrogen-bond donors (Lipinski definition) is 1. The Kier molecular flexibility index (Phi) is 3.98. The maximum Gasteiger partial charge on any atom is 0.246 e. The lowest BCUT2D eigenvalue weighted by Crippen LogP contribution is -2.26. The highest BCUT2D eigenvalue weighted by Gasteiger charge is 2.24.